The van der Waals surface area contributed by atoms with Crippen molar-refractivity contribution in [1.29, 1.82) is 0 Å². The molecule has 9 heteroatoms. The second kappa shape index (κ2) is 10.0. The summed E-state index contributed by atoms with van der Waals surface area (Å²) in [6, 6.07) is 4.16. The molecule has 8 nitrogen and oxygen atoms in total. The Morgan fingerprint density at radius 3 is 2.67 bits per heavy atom. The largest absolute Gasteiger partial charge is 0.496 e. The van der Waals surface area contributed by atoms with E-state index in [-0.39, 0.29) is 16.5 Å². The van der Waals surface area contributed by atoms with Crippen molar-refractivity contribution in [2.24, 2.45) is 5.73 Å². The summed E-state index contributed by atoms with van der Waals surface area (Å²) in [4.78, 5) is 12.8. The normalized spacial score (nSPS) is 16.7. The molecule has 0 aliphatic carbocycles. The maximum atomic E-state index is 12.9. The number of nitrogens with one attached hydrogen (secondary N) is 1. The number of hydrogen-bond donors (Lipinski definition) is 2. The molecule has 1 amide bonds. The number of nitrogens with zero attached hydrogens (tertiary/aromatic N) is 1. The fraction of sp³-hybridized carbons (Fsp3) is 0.611. The van der Waals surface area contributed by atoms with Gasteiger partial charge in [-0.3, -0.25) is 4.79 Å². The van der Waals surface area contributed by atoms with Crippen molar-refractivity contribution in [2.75, 3.05) is 40.0 Å². The van der Waals surface area contributed by atoms with Crippen molar-refractivity contribution in [3.63, 3.8) is 0 Å². The average Bonchev–Trinajstić information content (AvgIpc) is 2.70. The number of amides is 1. The summed E-state index contributed by atoms with van der Waals surface area (Å²) in [6.07, 6.45) is 2.72. The first-order valence-corrected chi connectivity index (χ1v) is 10.6. The highest BCUT2D eigenvalue weighted by atomic mass is 32.2. The zero-order chi connectivity index (χ0) is 19.9. The predicted octanol–water partition coefficient (Wildman–Crippen LogP) is 0.963. The number of carbonyl (C=O) groups is 1. The van der Waals surface area contributed by atoms with Crippen LogP contribution in [0.15, 0.2) is 23.1 Å². The van der Waals surface area contributed by atoms with Gasteiger partial charge in [0.15, 0.2) is 0 Å². The van der Waals surface area contributed by atoms with Crippen LogP contribution in [0.4, 0.5) is 0 Å². The number of methoxy groups -OCH3 is 1. The summed E-state index contributed by atoms with van der Waals surface area (Å²) in [5.41, 5.74) is 5.93. The van der Waals surface area contributed by atoms with Crippen molar-refractivity contribution in [1.82, 2.24) is 9.62 Å². The van der Waals surface area contributed by atoms with Crippen LogP contribution in [0.3, 0.4) is 0 Å². The van der Waals surface area contributed by atoms with E-state index < -0.39 is 15.9 Å². The molecule has 1 unspecified atom stereocenters. The van der Waals surface area contributed by atoms with E-state index in [2.05, 4.69) is 12.2 Å². The molecule has 0 bridgehead atoms. The fourth-order valence-electron chi connectivity index (χ4n) is 2.92. The lowest BCUT2D eigenvalue weighted by Gasteiger charge is -2.26. The Bertz CT molecular complexity index is 733. The number of rotatable bonds is 9. The smallest absolute Gasteiger partial charge is 0.255 e. The Morgan fingerprint density at radius 1 is 1.37 bits per heavy atom. The van der Waals surface area contributed by atoms with Gasteiger partial charge in [-0.1, -0.05) is 19.8 Å². The fourth-order valence-corrected chi connectivity index (χ4v) is 4.36. The standard InChI is InChI=1S/C18H29N3O5S/c1-3-4-5-14(13-19)20-18(22)16-12-15(6-7-17(16)25-2)27(23,24)21-8-10-26-11-9-21/h6-7,12,14H,3-5,8-11,13,19H2,1-2H3,(H,20,22). The lowest BCUT2D eigenvalue weighted by atomic mass is 10.1. The van der Waals surface area contributed by atoms with Crippen molar-refractivity contribution in [3.8, 4) is 5.75 Å². The minimum atomic E-state index is -3.70. The highest BCUT2D eigenvalue weighted by Crippen LogP contribution is 2.25. The Morgan fingerprint density at radius 2 is 2.07 bits per heavy atom. The number of hydrogen-bond acceptors (Lipinski definition) is 6. The lowest BCUT2D eigenvalue weighted by Crippen LogP contribution is -2.41. The number of unbranched alkanes of at least 4 members (excludes halogenated alkanes) is 1. The van der Waals surface area contributed by atoms with Gasteiger partial charge in [-0.2, -0.15) is 4.31 Å². The molecule has 1 heterocycles. The number of morpholine rings is 1. The zero-order valence-electron chi connectivity index (χ0n) is 15.9. The number of ether oxygens (including phenoxy) is 2. The van der Waals surface area contributed by atoms with E-state index in [0.717, 1.165) is 19.3 Å². The van der Waals surface area contributed by atoms with Crippen molar-refractivity contribution in [2.45, 2.75) is 37.1 Å². The van der Waals surface area contributed by atoms with Crippen LogP contribution in [-0.4, -0.2) is 64.6 Å². The van der Waals surface area contributed by atoms with Crippen LogP contribution in [-0.2, 0) is 14.8 Å². The van der Waals surface area contributed by atoms with Gasteiger partial charge >= 0.3 is 0 Å². The molecule has 0 radical (unpaired) electrons. The molecule has 152 valence electrons. The van der Waals surface area contributed by atoms with E-state index >= 15 is 0 Å². The third-order valence-corrected chi connectivity index (χ3v) is 6.44. The van der Waals surface area contributed by atoms with Gasteiger partial charge in [0.05, 0.1) is 30.8 Å². The summed E-state index contributed by atoms with van der Waals surface area (Å²) in [6.45, 7) is 3.69. The van der Waals surface area contributed by atoms with E-state index in [0.29, 0.717) is 38.6 Å². The third-order valence-electron chi connectivity index (χ3n) is 4.55. The molecule has 0 aromatic heterocycles. The Balaban J connectivity index is 2.27. The third kappa shape index (κ3) is 5.41. The van der Waals surface area contributed by atoms with Crippen LogP contribution in [0.25, 0.3) is 0 Å². The van der Waals surface area contributed by atoms with Crippen LogP contribution < -0.4 is 15.8 Å². The highest BCUT2D eigenvalue weighted by Gasteiger charge is 2.28. The second-order valence-electron chi connectivity index (χ2n) is 6.43. The van der Waals surface area contributed by atoms with Gasteiger partial charge in [0.1, 0.15) is 5.75 Å². The van der Waals surface area contributed by atoms with E-state index in [1.165, 1.54) is 29.6 Å². The van der Waals surface area contributed by atoms with Gasteiger partial charge in [-0.15, -0.1) is 0 Å². The average molecular weight is 400 g/mol. The predicted molar refractivity (Wildman–Crippen MR) is 102 cm³/mol. The zero-order valence-corrected chi connectivity index (χ0v) is 16.8. The van der Waals surface area contributed by atoms with E-state index in [9.17, 15) is 13.2 Å². The van der Waals surface area contributed by atoms with E-state index in [4.69, 9.17) is 15.2 Å². The summed E-state index contributed by atoms with van der Waals surface area (Å²) in [7, 11) is -2.25. The number of carbonyl (C=O) groups excluding carboxylic acids is 1. The van der Waals surface area contributed by atoms with Gasteiger partial charge < -0.3 is 20.5 Å². The number of nitrogens with two attached hydrogens (primary N) is 1. The van der Waals surface area contributed by atoms with Gasteiger partial charge in [-0.05, 0) is 24.6 Å². The summed E-state index contributed by atoms with van der Waals surface area (Å²) in [5.74, 6) is -0.0721. The van der Waals surface area contributed by atoms with Crippen molar-refractivity contribution < 1.29 is 22.7 Å². The maximum absolute atomic E-state index is 12.9. The minimum Gasteiger partial charge on any atom is -0.496 e. The van der Waals surface area contributed by atoms with Gasteiger partial charge in [-0.25, -0.2) is 8.42 Å². The molecular weight excluding hydrogens is 370 g/mol. The van der Waals surface area contributed by atoms with Crippen LogP contribution in [0.1, 0.15) is 36.5 Å². The molecule has 1 fully saturated rings. The van der Waals surface area contributed by atoms with Gasteiger partial charge in [0, 0.05) is 25.7 Å². The molecular formula is C18H29N3O5S. The molecule has 1 atom stereocenters. The summed E-state index contributed by atoms with van der Waals surface area (Å²) < 4.78 is 37.6. The Kier molecular flexibility index (Phi) is 8.03. The van der Waals surface area contributed by atoms with Crippen LogP contribution in [0.2, 0.25) is 0 Å². The summed E-state index contributed by atoms with van der Waals surface area (Å²) in [5, 5.41) is 2.88. The molecule has 1 aromatic rings. The first-order valence-electron chi connectivity index (χ1n) is 9.20. The minimum absolute atomic E-state index is 0.0632. The van der Waals surface area contributed by atoms with Crippen LogP contribution in [0.5, 0.6) is 5.75 Å². The number of benzene rings is 1. The first-order chi connectivity index (χ1) is 12.9. The molecule has 1 aromatic carbocycles. The van der Waals surface area contributed by atoms with Crippen molar-refractivity contribution >= 4 is 15.9 Å². The lowest BCUT2D eigenvalue weighted by molar-refractivity contribution is 0.0730. The topological polar surface area (TPSA) is 111 Å². The van der Waals surface area contributed by atoms with Crippen LogP contribution >= 0.6 is 0 Å². The molecule has 3 N–H and O–H groups in total. The van der Waals surface area contributed by atoms with Crippen molar-refractivity contribution in [3.05, 3.63) is 23.8 Å². The Labute approximate surface area is 161 Å². The number of sulfonamides is 1. The molecule has 0 spiro atoms. The van der Waals surface area contributed by atoms with Crippen LogP contribution in [0, 0.1) is 0 Å². The molecule has 1 aliphatic heterocycles. The molecule has 1 aliphatic rings. The van der Waals surface area contributed by atoms with E-state index in [1.807, 2.05) is 0 Å². The highest BCUT2D eigenvalue weighted by molar-refractivity contribution is 7.89. The monoisotopic (exact) mass is 399 g/mol. The molecule has 1 saturated heterocycles. The maximum Gasteiger partial charge on any atom is 0.255 e. The molecule has 27 heavy (non-hydrogen) atoms. The molecule has 0 saturated carbocycles. The second-order valence-corrected chi connectivity index (χ2v) is 8.36. The SMILES string of the molecule is CCCCC(CN)NC(=O)c1cc(S(=O)(=O)N2CCOCC2)ccc1OC. The molecule has 2 rings (SSSR count). The quantitative estimate of drug-likeness (QED) is 0.640. The van der Waals surface area contributed by atoms with Gasteiger partial charge in [0.25, 0.3) is 5.91 Å². The van der Waals surface area contributed by atoms with E-state index in [1.54, 1.807) is 0 Å². The Hall–Kier alpha value is -1.68. The van der Waals surface area contributed by atoms with Gasteiger partial charge in [0.2, 0.25) is 10.0 Å². The summed E-state index contributed by atoms with van der Waals surface area (Å²) >= 11 is 0. The first kappa shape index (κ1) is 21.6.